The van der Waals surface area contributed by atoms with Crippen LogP contribution in [-0.4, -0.2) is 29.0 Å². The molecular formula is C15H25N3. The van der Waals surface area contributed by atoms with Crippen LogP contribution in [0.1, 0.15) is 32.0 Å². The highest BCUT2D eigenvalue weighted by Gasteiger charge is 2.08. The molecule has 1 rings (SSSR count). The number of hydrogen-bond donors (Lipinski definition) is 1. The molecule has 0 unspecified atom stereocenters. The minimum atomic E-state index is 0.142. The Bertz CT molecular complexity index is 362. The molecule has 18 heavy (non-hydrogen) atoms. The van der Waals surface area contributed by atoms with E-state index in [1.54, 1.807) is 0 Å². The zero-order valence-corrected chi connectivity index (χ0v) is 12.0. The van der Waals surface area contributed by atoms with Crippen LogP contribution in [0.3, 0.4) is 0 Å². The summed E-state index contributed by atoms with van der Waals surface area (Å²) in [4.78, 5) is 6.67. The normalized spacial score (nSPS) is 11.8. The molecule has 0 bridgehead atoms. The van der Waals surface area contributed by atoms with E-state index in [9.17, 15) is 0 Å². The maximum Gasteiger partial charge on any atom is 0.0544 e. The van der Waals surface area contributed by atoms with E-state index in [0.29, 0.717) is 0 Å². The number of nitrogens with zero attached hydrogens (tertiary/aromatic N) is 2. The van der Waals surface area contributed by atoms with Crippen molar-refractivity contribution in [2.75, 3.05) is 13.6 Å². The van der Waals surface area contributed by atoms with E-state index in [0.717, 1.165) is 25.3 Å². The molecule has 3 nitrogen and oxygen atoms in total. The average molecular weight is 247 g/mol. The van der Waals surface area contributed by atoms with Gasteiger partial charge in [-0.3, -0.25) is 9.88 Å². The topological polar surface area (TPSA) is 28.2 Å². The van der Waals surface area contributed by atoms with Gasteiger partial charge in [0.1, 0.15) is 0 Å². The fourth-order valence-corrected chi connectivity index (χ4v) is 1.58. The number of likely N-dealkylation sites (N-methyl/N-ethyl adjacent to an activating group) is 1. The second kappa shape index (κ2) is 6.66. The van der Waals surface area contributed by atoms with E-state index in [1.165, 1.54) is 5.56 Å². The Hall–Kier alpha value is -1.19. The van der Waals surface area contributed by atoms with Crippen molar-refractivity contribution in [3.05, 3.63) is 42.2 Å². The van der Waals surface area contributed by atoms with Crippen molar-refractivity contribution in [3.8, 4) is 0 Å². The van der Waals surface area contributed by atoms with Crippen LogP contribution in [0.5, 0.6) is 0 Å². The molecule has 1 N–H and O–H groups in total. The summed E-state index contributed by atoms with van der Waals surface area (Å²) in [6, 6.07) is 4.24. The Morgan fingerprint density at radius 1 is 1.39 bits per heavy atom. The van der Waals surface area contributed by atoms with E-state index in [-0.39, 0.29) is 5.54 Å². The van der Waals surface area contributed by atoms with Gasteiger partial charge in [0.25, 0.3) is 0 Å². The molecule has 0 aromatic carbocycles. The van der Waals surface area contributed by atoms with Gasteiger partial charge < -0.3 is 5.32 Å². The summed E-state index contributed by atoms with van der Waals surface area (Å²) >= 11 is 0. The van der Waals surface area contributed by atoms with Crippen molar-refractivity contribution < 1.29 is 0 Å². The van der Waals surface area contributed by atoms with E-state index < -0.39 is 0 Å². The standard InChI is InChI=1S/C15H25N3/c1-6-9-18(5)12-14-8-7-13(10-16-14)11-17-15(2,3)4/h6-8,10,17H,1,9,11-12H2,2-5H3. The largest absolute Gasteiger partial charge is 0.308 e. The van der Waals surface area contributed by atoms with Crippen LogP contribution in [0.4, 0.5) is 0 Å². The lowest BCUT2D eigenvalue weighted by Gasteiger charge is -2.20. The van der Waals surface area contributed by atoms with E-state index >= 15 is 0 Å². The fraction of sp³-hybridized carbons (Fsp3) is 0.533. The molecule has 0 fully saturated rings. The van der Waals surface area contributed by atoms with Crippen LogP contribution in [0.15, 0.2) is 31.0 Å². The van der Waals surface area contributed by atoms with Crippen molar-refractivity contribution in [2.45, 2.75) is 39.4 Å². The quantitative estimate of drug-likeness (QED) is 0.783. The van der Waals surface area contributed by atoms with Gasteiger partial charge in [0.15, 0.2) is 0 Å². The highest BCUT2D eigenvalue weighted by Crippen LogP contribution is 2.05. The molecule has 0 saturated carbocycles. The zero-order valence-electron chi connectivity index (χ0n) is 12.0. The first-order valence-corrected chi connectivity index (χ1v) is 6.39. The van der Waals surface area contributed by atoms with Crippen LogP contribution in [0, 0.1) is 0 Å². The van der Waals surface area contributed by atoms with E-state index in [1.807, 2.05) is 12.3 Å². The highest BCUT2D eigenvalue weighted by atomic mass is 15.1. The second-order valence-electron chi connectivity index (χ2n) is 5.75. The van der Waals surface area contributed by atoms with Gasteiger partial charge in [-0.1, -0.05) is 12.1 Å². The molecule has 1 aromatic rings. The molecular weight excluding hydrogens is 222 g/mol. The van der Waals surface area contributed by atoms with Gasteiger partial charge in [-0.25, -0.2) is 0 Å². The molecule has 0 aliphatic heterocycles. The lowest BCUT2D eigenvalue weighted by atomic mass is 10.1. The molecule has 0 amide bonds. The van der Waals surface area contributed by atoms with Gasteiger partial charge >= 0.3 is 0 Å². The predicted molar refractivity (Wildman–Crippen MR) is 77.4 cm³/mol. The van der Waals surface area contributed by atoms with Crippen molar-refractivity contribution >= 4 is 0 Å². The molecule has 3 heteroatoms. The van der Waals surface area contributed by atoms with E-state index in [4.69, 9.17) is 0 Å². The summed E-state index contributed by atoms with van der Waals surface area (Å²) in [7, 11) is 2.07. The van der Waals surface area contributed by atoms with Crippen LogP contribution in [-0.2, 0) is 13.1 Å². The Morgan fingerprint density at radius 2 is 2.11 bits per heavy atom. The number of hydrogen-bond acceptors (Lipinski definition) is 3. The van der Waals surface area contributed by atoms with E-state index in [2.05, 4.69) is 61.7 Å². The zero-order chi connectivity index (χ0) is 13.6. The predicted octanol–water partition coefficient (Wildman–Crippen LogP) is 2.59. The first kappa shape index (κ1) is 14.9. The Morgan fingerprint density at radius 3 is 2.61 bits per heavy atom. The minimum absolute atomic E-state index is 0.142. The van der Waals surface area contributed by atoms with Gasteiger partial charge in [0.2, 0.25) is 0 Å². The van der Waals surface area contributed by atoms with Gasteiger partial charge in [0, 0.05) is 31.4 Å². The van der Waals surface area contributed by atoms with Crippen LogP contribution in [0.2, 0.25) is 0 Å². The molecule has 100 valence electrons. The summed E-state index contributed by atoms with van der Waals surface area (Å²) in [6.45, 7) is 12.8. The monoisotopic (exact) mass is 247 g/mol. The molecule has 0 aliphatic rings. The average Bonchev–Trinajstić information content (AvgIpc) is 2.27. The Labute approximate surface area is 111 Å². The van der Waals surface area contributed by atoms with Gasteiger partial charge in [-0.15, -0.1) is 6.58 Å². The smallest absolute Gasteiger partial charge is 0.0544 e. The van der Waals surface area contributed by atoms with Crippen LogP contribution >= 0.6 is 0 Å². The third-order valence-corrected chi connectivity index (χ3v) is 2.58. The SMILES string of the molecule is C=CCN(C)Cc1ccc(CNC(C)(C)C)cn1. The van der Waals surface area contributed by atoms with Crippen molar-refractivity contribution in [2.24, 2.45) is 0 Å². The first-order chi connectivity index (χ1) is 8.40. The molecule has 1 heterocycles. The molecule has 0 saturated heterocycles. The Balaban J connectivity index is 2.49. The minimum Gasteiger partial charge on any atom is -0.308 e. The summed E-state index contributed by atoms with van der Waals surface area (Å²) in [5.41, 5.74) is 2.46. The summed E-state index contributed by atoms with van der Waals surface area (Å²) in [6.07, 6.45) is 3.86. The third kappa shape index (κ3) is 5.94. The number of pyridine rings is 1. The number of aromatic nitrogens is 1. The lowest BCUT2D eigenvalue weighted by molar-refractivity contribution is 0.358. The van der Waals surface area contributed by atoms with Crippen molar-refractivity contribution in [1.82, 2.24) is 15.2 Å². The number of nitrogens with one attached hydrogen (secondary N) is 1. The van der Waals surface area contributed by atoms with Crippen LogP contribution < -0.4 is 5.32 Å². The first-order valence-electron chi connectivity index (χ1n) is 6.39. The van der Waals surface area contributed by atoms with Gasteiger partial charge in [0.05, 0.1) is 5.69 Å². The van der Waals surface area contributed by atoms with Crippen LogP contribution in [0.25, 0.3) is 0 Å². The molecule has 0 aliphatic carbocycles. The summed E-state index contributed by atoms with van der Waals surface area (Å²) in [5, 5.41) is 3.46. The Kier molecular flexibility index (Phi) is 5.51. The number of rotatable bonds is 6. The summed E-state index contributed by atoms with van der Waals surface area (Å²) < 4.78 is 0. The second-order valence-corrected chi connectivity index (χ2v) is 5.75. The molecule has 0 radical (unpaired) electrons. The van der Waals surface area contributed by atoms with Crippen molar-refractivity contribution in [3.63, 3.8) is 0 Å². The lowest BCUT2D eigenvalue weighted by Crippen LogP contribution is -2.35. The fourth-order valence-electron chi connectivity index (χ4n) is 1.58. The highest BCUT2D eigenvalue weighted by molar-refractivity contribution is 5.14. The maximum atomic E-state index is 4.49. The molecule has 1 aromatic heterocycles. The maximum absolute atomic E-state index is 4.49. The van der Waals surface area contributed by atoms with Gasteiger partial charge in [-0.05, 0) is 39.4 Å². The van der Waals surface area contributed by atoms with Gasteiger partial charge in [-0.2, -0.15) is 0 Å². The third-order valence-electron chi connectivity index (χ3n) is 2.58. The molecule has 0 atom stereocenters. The summed E-state index contributed by atoms with van der Waals surface area (Å²) in [5.74, 6) is 0. The van der Waals surface area contributed by atoms with Crippen molar-refractivity contribution in [1.29, 1.82) is 0 Å². The molecule has 0 spiro atoms.